The largest absolute Gasteiger partial charge is 0.490 e. The van der Waals surface area contributed by atoms with Crippen LogP contribution in [0.5, 0.6) is 11.5 Å². The van der Waals surface area contributed by atoms with Gasteiger partial charge in [-0.25, -0.2) is 0 Å². The Hall–Kier alpha value is -1.30. The van der Waals surface area contributed by atoms with Crippen LogP contribution in [0.2, 0.25) is 0 Å². The second kappa shape index (κ2) is 10.5. The summed E-state index contributed by atoms with van der Waals surface area (Å²) in [6.45, 7) is 12.9. The second-order valence-corrected chi connectivity index (χ2v) is 5.89. The summed E-state index contributed by atoms with van der Waals surface area (Å²) in [4.78, 5) is 1.68. The van der Waals surface area contributed by atoms with Gasteiger partial charge in [0.05, 0.1) is 39.5 Å². The Balaban J connectivity index is 1.71. The van der Waals surface area contributed by atoms with Crippen molar-refractivity contribution in [3.63, 3.8) is 0 Å². The molecule has 1 fully saturated rings. The lowest BCUT2D eigenvalue weighted by molar-refractivity contribution is -0.909. The van der Waals surface area contributed by atoms with Crippen molar-refractivity contribution >= 4 is 0 Å². The first-order valence-electron chi connectivity index (χ1n) is 8.95. The van der Waals surface area contributed by atoms with Crippen LogP contribution in [0.25, 0.3) is 0 Å². The number of hydrogen-bond acceptors (Lipinski definition) is 3. The molecule has 0 atom stereocenters. The first-order valence-corrected chi connectivity index (χ1v) is 8.95. The molecule has 5 nitrogen and oxygen atoms in total. The number of nitrogens with one attached hydrogen (secondary N) is 1. The Kier molecular flexibility index (Phi) is 8.21. The molecule has 0 radical (unpaired) electrons. The first kappa shape index (κ1) is 18.0. The topological polar surface area (TPSA) is 48.7 Å². The molecule has 0 unspecified atom stereocenters. The molecule has 0 bridgehead atoms. The third-order valence-electron chi connectivity index (χ3n) is 4.13. The van der Waals surface area contributed by atoms with Gasteiger partial charge in [-0.1, -0.05) is 0 Å². The molecule has 130 valence electrons. The third kappa shape index (κ3) is 6.37. The summed E-state index contributed by atoms with van der Waals surface area (Å²) in [5.74, 6) is 1.70. The van der Waals surface area contributed by atoms with Crippen LogP contribution in [0.1, 0.15) is 25.8 Å². The van der Waals surface area contributed by atoms with E-state index in [0.717, 1.165) is 44.3 Å². The molecular weight excluding hydrogens is 292 g/mol. The highest BCUT2D eigenvalue weighted by Crippen LogP contribution is 2.28. The fourth-order valence-electron chi connectivity index (χ4n) is 2.90. The summed E-state index contributed by atoms with van der Waals surface area (Å²) in [7, 11) is 0. The van der Waals surface area contributed by atoms with Crippen LogP contribution in [0, 0.1) is 0 Å². The molecule has 1 aliphatic rings. The summed E-state index contributed by atoms with van der Waals surface area (Å²) >= 11 is 0. The van der Waals surface area contributed by atoms with Gasteiger partial charge in [0.1, 0.15) is 19.6 Å². The average Bonchev–Trinajstić information content (AvgIpc) is 2.58. The summed E-state index contributed by atoms with van der Waals surface area (Å²) in [5, 5.41) is 2.38. The zero-order valence-corrected chi connectivity index (χ0v) is 14.6. The van der Waals surface area contributed by atoms with Crippen molar-refractivity contribution in [2.75, 3.05) is 52.6 Å². The Bertz CT molecular complexity index is 448. The zero-order valence-electron chi connectivity index (χ0n) is 14.6. The van der Waals surface area contributed by atoms with Crippen LogP contribution in [-0.4, -0.2) is 52.6 Å². The second-order valence-electron chi connectivity index (χ2n) is 5.89. The van der Waals surface area contributed by atoms with Crippen LogP contribution < -0.4 is 19.7 Å². The highest BCUT2D eigenvalue weighted by atomic mass is 16.5. The van der Waals surface area contributed by atoms with Gasteiger partial charge in [0.25, 0.3) is 0 Å². The predicted octanol–water partition coefficient (Wildman–Crippen LogP) is -0.147. The lowest BCUT2D eigenvalue weighted by atomic mass is 10.2. The minimum atomic E-state index is 0.662. The molecule has 1 aromatic rings. The number of nitrogens with two attached hydrogens (primary N) is 1. The maximum absolute atomic E-state index is 5.68. The molecule has 0 amide bonds. The summed E-state index contributed by atoms with van der Waals surface area (Å²) < 4.78 is 16.7. The van der Waals surface area contributed by atoms with Gasteiger partial charge >= 0.3 is 0 Å². The summed E-state index contributed by atoms with van der Waals surface area (Å²) in [6.07, 6.45) is 1.25. The van der Waals surface area contributed by atoms with Gasteiger partial charge in [0.2, 0.25) is 0 Å². The Morgan fingerprint density at radius 3 is 2.57 bits per heavy atom. The van der Waals surface area contributed by atoms with Gasteiger partial charge in [-0.05, 0) is 32.0 Å². The third-order valence-corrected chi connectivity index (χ3v) is 4.13. The monoisotopic (exact) mass is 324 g/mol. The maximum atomic E-state index is 5.68. The van der Waals surface area contributed by atoms with Gasteiger partial charge in [0, 0.05) is 12.0 Å². The quantitative estimate of drug-likeness (QED) is 0.589. The first-order chi connectivity index (χ1) is 11.3. The fraction of sp³-hybridized carbons (Fsp3) is 0.667. The normalized spacial score (nSPS) is 15.6. The Morgan fingerprint density at radius 2 is 1.83 bits per heavy atom. The molecule has 3 N–H and O–H groups in total. The van der Waals surface area contributed by atoms with Crippen molar-refractivity contribution in [1.82, 2.24) is 0 Å². The fourth-order valence-corrected chi connectivity index (χ4v) is 2.90. The molecule has 0 aromatic heterocycles. The van der Waals surface area contributed by atoms with E-state index in [1.165, 1.54) is 25.1 Å². The van der Waals surface area contributed by atoms with Crippen LogP contribution in [0.3, 0.4) is 0 Å². The number of hydrogen-bond donors (Lipinski definition) is 2. The summed E-state index contributed by atoms with van der Waals surface area (Å²) in [6, 6.07) is 6.27. The van der Waals surface area contributed by atoms with Crippen LogP contribution in [-0.2, 0) is 11.3 Å². The van der Waals surface area contributed by atoms with Crippen molar-refractivity contribution in [3.8, 4) is 11.5 Å². The van der Waals surface area contributed by atoms with E-state index in [0.29, 0.717) is 13.2 Å². The van der Waals surface area contributed by atoms with Gasteiger partial charge in [-0.3, -0.25) is 0 Å². The van der Waals surface area contributed by atoms with E-state index < -0.39 is 0 Å². The summed E-state index contributed by atoms with van der Waals surface area (Å²) in [5.41, 5.74) is 1.29. The molecule has 1 heterocycles. The SMILES string of the molecule is CCOc1ccc(C[NH2+]CCC[NH+]2CCOCC2)cc1OCC. The zero-order chi connectivity index (χ0) is 16.3. The molecule has 23 heavy (non-hydrogen) atoms. The number of ether oxygens (including phenoxy) is 3. The molecule has 1 saturated heterocycles. The predicted molar refractivity (Wildman–Crippen MR) is 90.3 cm³/mol. The van der Waals surface area contributed by atoms with E-state index in [-0.39, 0.29) is 0 Å². The van der Waals surface area contributed by atoms with E-state index in [9.17, 15) is 0 Å². The Labute approximate surface area is 139 Å². The van der Waals surface area contributed by atoms with Gasteiger partial charge in [-0.15, -0.1) is 0 Å². The number of quaternary nitrogens is 2. The molecule has 1 aromatic carbocycles. The maximum Gasteiger partial charge on any atom is 0.161 e. The van der Waals surface area contributed by atoms with Crippen molar-refractivity contribution < 1.29 is 24.4 Å². The van der Waals surface area contributed by atoms with E-state index in [2.05, 4.69) is 17.4 Å². The Morgan fingerprint density at radius 1 is 1.09 bits per heavy atom. The number of rotatable bonds is 10. The van der Waals surface area contributed by atoms with Crippen LogP contribution in [0.15, 0.2) is 18.2 Å². The van der Waals surface area contributed by atoms with Crippen molar-refractivity contribution in [2.45, 2.75) is 26.8 Å². The lowest BCUT2D eigenvalue weighted by Gasteiger charge is -2.23. The van der Waals surface area contributed by atoms with Crippen LogP contribution >= 0.6 is 0 Å². The molecular formula is C18H32N2O3+2. The number of morpholine rings is 1. The minimum absolute atomic E-state index is 0.662. The highest BCUT2D eigenvalue weighted by Gasteiger charge is 2.13. The molecule has 0 saturated carbocycles. The van der Waals surface area contributed by atoms with Gasteiger partial charge in [0.15, 0.2) is 11.5 Å². The standard InChI is InChI=1S/C18H30N2O3/c1-3-22-17-7-6-16(14-18(17)23-4-2)15-19-8-5-9-20-10-12-21-13-11-20/h6-7,14,19H,3-5,8-13,15H2,1-2H3/p+2. The van der Waals surface area contributed by atoms with Crippen molar-refractivity contribution in [3.05, 3.63) is 23.8 Å². The van der Waals surface area contributed by atoms with Crippen molar-refractivity contribution in [2.24, 2.45) is 0 Å². The lowest BCUT2D eigenvalue weighted by Crippen LogP contribution is -3.14. The average molecular weight is 324 g/mol. The molecule has 1 aliphatic heterocycles. The highest BCUT2D eigenvalue weighted by molar-refractivity contribution is 5.42. The number of benzene rings is 1. The van der Waals surface area contributed by atoms with E-state index in [4.69, 9.17) is 14.2 Å². The van der Waals surface area contributed by atoms with E-state index in [1.54, 1.807) is 4.90 Å². The molecule has 5 heteroatoms. The van der Waals surface area contributed by atoms with E-state index >= 15 is 0 Å². The molecule has 2 rings (SSSR count). The van der Waals surface area contributed by atoms with Crippen LogP contribution in [0.4, 0.5) is 0 Å². The van der Waals surface area contributed by atoms with Gasteiger partial charge in [-0.2, -0.15) is 0 Å². The van der Waals surface area contributed by atoms with Gasteiger partial charge < -0.3 is 24.4 Å². The van der Waals surface area contributed by atoms with Crippen molar-refractivity contribution in [1.29, 1.82) is 0 Å². The smallest absolute Gasteiger partial charge is 0.161 e. The molecule has 0 spiro atoms. The minimum Gasteiger partial charge on any atom is -0.490 e. The molecule has 0 aliphatic carbocycles. The van der Waals surface area contributed by atoms with E-state index in [1.807, 2.05) is 19.9 Å².